The van der Waals surface area contributed by atoms with Crippen LogP contribution in [0, 0.1) is 16.2 Å². The monoisotopic (exact) mass is 586 g/mol. The van der Waals surface area contributed by atoms with Crippen LogP contribution in [0.5, 0.6) is 0 Å². The van der Waals surface area contributed by atoms with Crippen LogP contribution < -0.4 is 16.0 Å². The van der Waals surface area contributed by atoms with Crippen LogP contribution in [0.3, 0.4) is 0 Å². The second-order valence-corrected chi connectivity index (χ2v) is 15.4. The minimum absolute atomic E-state index is 0.0350. The second-order valence-electron chi connectivity index (χ2n) is 15.4. The van der Waals surface area contributed by atoms with Gasteiger partial charge in [-0.1, -0.05) is 103 Å². The maximum absolute atomic E-state index is 14.0. The molecule has 0 aliphatic carbocycles. The van der Waals surface area contributed by atoms with Gasteiger partial charge in [-0.05, 0) is 92.0 Å². The van der Waals surface area contributed by atoms with Gasteiger partial charge in [-0.2, -0.15) is 0 Å². The van der Waals surface area contributed by atoms with Crippen LogP contribution in [0.1, 0.15) is 81.1 Å². The lowest BCUT2D eigenvalue weighted by molar-refractivity contribution is -0.129. The molecule has 0 bridgehead atoms. The van der Waals surface area contributed by atoms with Gasteiger partial charge in [0.1, 0.15) is 5.54 Å². The van der Waals surface area contributed by atoms with Crippen molar-refractivity contribution in [2.45, 2.75) is 92.2 Å². The molecule has 1 amide bonds. The molecule has 1 fully saturated rings. The molecule has 0 spiro atoms. The average Bonchev–Trinajstić information content (AvgIpc) is 3.38. The van der Waals surface area contributed by atoms with E-state index < -0.39 is 5.54 Å². The number of piperidine rings is 1. The Morgan fingerprint density at radius 1 is 0.930 bits per heavy atom. The number of hydrogen-bond donors (Lipinski definition) is 3. The molecule has 2 heterocycles. The number of carbonyl (C=O) groups excluding carboxylic acids is 1. The zero-order valence-electron chi connectivity index (χ0n) is 28.3. The number of rotatable bonds is 15. The molecule has 2 aromatic rings. The van der Waals surface area contributed by atoms with Gasteiger partial charge < -0.3 is 20.5 Å². The molecule has 5 heteroatoms. The fraction of sp³-hybridized carbons (Fsp3) is 0.553. The highest BCUT2D eigenvalue weighted by Crippen LogP contribution is 2.40. The van der Waals surface area contributed by atoms with E-state index in [-0.39, 0.29) is 27.7 Å². The Kier molecular flexibility index (Phi) is 11.1. The maximum Gasteiger partial charge on any atom is 0.240 e. The van der Waals surface area contributed by atoms with Crippen molar-refractivity contribution in [3.05, 3.63) is 85.6 Å². The lowest BCUT2D eigenvalue weighted by Crippen LogP contribution is -2.63. The van der Waals surface area contributed by atoms with Crippen LogP contribution in [0.2, 0.25) is 0 Å². The summed E-state index contributed by atoms with van der Waals surface area (Å²) in [6.07, 6.45) is 15.5. The van der Waals surface area contributed by atoms with Crippen LogP contribution >= 0.6 is 0 Å². The molecule has 3 N–H and O–H groups in total. The number of benzene rings is 1. The van der Waals surface area contributed by atoms with Crippen molar-refractivity contribution in [1.82, 2.24) is 20.5 Å². The third-order valence-electron chi connectivity index (χ3n) is 9.10. The van der Waals surface area contributed by atoms with Gasteiger partial charge in [-0.15, -0.1) is 0 Å². The molecule has 43 heavy (non-hydrogen) atoms. The van der Waals surface area contributed by atoms with Gasteiger partial charge >= 0.3 is 0 Å². The minimum Gasteiger partial charge on any atom is -0.354 e. The van der Waals surface area contributed by atoms with Crippen molar-refractivity contribution in [2.24, 2.45) is 16.2 Å². The first-order chi connectivity index (χ1) is 20.1. The van der Waals surface area contributed by atoms with Gasteiger partial charge in [0.15, 0.2) is 0 Å². The molecule has 0 radical (unpaired) electrons. The number of aromatic nitrogens is 1. The summed E-state index contributed by atoms with van der Waals surface area (Å²) in [5.74, 6) is 0.127. The smallest absolute Gasteiger partial charge is 0.240 e. The van der Waals surface area contributed by atoms with Gasteiger partial charge in [0.2, 0.25) is 5.91 Å². The lowest BCUT2D eigenvalue weighted by atomic mass is 9.70. The van der Waals surface area contributed by atoms with Gasteiger partial charge in [-0.3, -0.25) is 4.79 Å². The van der Waals surface area contributed by atoms with E-state index in [0.717, 1.165) is 45.3 Å². The van der Waals surface area contributed by atoms with E-state index in [4.69, 9.17) is 0 Å². The fourth-order valence-corrected chi connectivity index (χ4v) is 7.33. The quantitative estimate of drug-likeness (QED) is 0.186. The Bertz CT molecular complexity index is 1310. The van der Waals surface area contributed by atoms with Crippen molar-refractivity contribution in [3.8, 4) is 0 Å². The Hall–Kier alpha value is -2.89. The Morgan fingerprint density at radius 2 is 1.58 bits per heavy atom. The zero-order chi connectivity index (χ0) is 31.9. The van der Waals surface area contributed by atoms with Gasteiger partial charge in [0, 0.05) is 30.3 Å². The molecule has 0 unspecified atom stereocenters. The molecule has 1 saturated heterocycles. The normalized spacial score (nSPS) is 16.9. The standard InChI is InChI=1S/C38H58N4O/c1-11-13-18-31(16-12-2)36(7,8)26-34(3,4)29-41-38(21-23-39-24-22-38)33(43)40-28-35(5,6)27-37(9,10)42-25-20-30-17-14-15-19-32(30)42/h11-20,25,39,41H,1-2,21-24,26-29H2,3-10H3,(H,40,43)/b18-13-,31-16+. The number of amides is 1. The van der Waals surface area contributed by atoms with Crippen LogP contribution in [0.25, 0.3) is 10.9 Å². The first-order valence-electron chi connectivity index (χ1n) is 16.0. The third kappa shape index (κ3) is 9.06. The number of carbonyl (C=O) groups is 1. The van der Waals surface area contributed by atoms with Crippen molar-refractivity contribution in [3.63, 3.8) is 0 Å². The number of nitrogens with one attached hydrogen (secondary N) is 3. The number of allylic oxidation sites excluding steroid dienone is 6. The summed E-state index contributed by atoms with van der Waals surface area (Å²) in [6.45, 7) is 29.1. The fourth-order valence-electron chi connectivity index (χ4n) is 7.33. The van der Waals surface area contributed by atoms with E-state index >= 15 is 0 Å². The van der Waals surface area contributed by atoms with E-state index in [1.165, 1.54) is 16.5 Å². The molecule has 5 nitrogen and oxygen atoms in total. The molecule has 1 aromatic carbocycles. The molecule has 1 aliphatic rings. The number of nitrogens with zero attached hydrogens (tertiary/aromatic N) is 1. The van der Waals surface area contributed by atoms with Gasteiger partial charge in [0.25, 0.3) is 0 Å². The number of hydrogen-bond acceptors (Lipinski definition) is 3. The Balaban J connectivity index is 1.69. The summed E-state index contributed by atoms with van der Waals surface area (Å²) in [6, 6.07) is 10.7. The van der Waals surface area contributed by atoms with Crippen molar-refractivity contribution >= 4 is 16.8 Å². The summed E-state index contributed by atoms with van der Waals surface area (Å²) in [4.78, 5) is 14.0. The van der Waals surface area contributed by atoms with Gasteiger partial charge in [-0.25, -0.2) is 0 Å². The first kappa shape index (κ1) is 34.6. The molecular formula is C38H58N4O. The molecule has 3 rings (SSSR count). The average molecular weight is 587 g/mol. The lowest BCUT2D eigenvalue weighted by Gasteiger charge is -2.43. The molecule has 1 aliphatic heterocycles. The number of fused-ring (bicyclic) bond motifs is 1. The van der Waals surface area contributed by atoms with Crippen LogP contribution in [0.15, 0.2) is 85.6 Å². The molecule has 0 atom stereocenters. The zero-order valence-corrected chi connectivity index (χ0v) is 28.3. The number of para-hydroxylation sites is 1. The molecule has 1 aromatic heterocycles. The highest BCUT2D eigenvalue weighted by atomic mass is 16.2. The Labute approximate surface area is 262 Å². The molecular weight excluding hydrogens is 528 g/mol. The van der Waals surface area contributed by atoms with Crippen molar-refractivity contribution < 1.29 is 4.79 Å². The highest BCUT2D eigenvalue weighted by Gasteiger charge is 2.42. The molecule has 236 valence electrons. The second kappa shape index (κ2) is 13.8. The van der Waals surface area contributed by atoms with Crippen LogP contribution in [0.4, 0.5) is 0 Å². The predicted molar refractivity (Wildman–Crippen MR) is 185 cm³/mol. The van der Waals surface area contributed by atoms with E-state index in [2.05, 4.69) is 138 Å². The summed E-state index contributed by atoms with van der Waals surface area (Å²) >= 11 is 0. The third-order valence-corrected chi connectivity index (χ3v) is 9.10. The van der Waals surface area contributed by atoms with Crippen LogP contribution in [-0.4, -0.2) is 42.2 Å². The van der Waals surface area contributed by atoms with Gasteiger partial charge in [0.05, 0.1) is 0 Å². The highest BCUT2D eigenvalue weighted by molar-refractivity contribution is 5.86. The summed E-state index contributed by atoms with van der Waals surface area (Å²) in [5.41, 5.74) is 1.62. The van der Waals surface area contributed by atoms with E-state index in [0.29, 0.717) is 6.54 Å². The first-order valence-corrected chi connectivity index (χ1v) is 16.0. The van der Waals surface area contributed by atoms with E-state index in [9.17, 15) is 4.79 Å². The van der Waals surface area contributed by atoms with E-state index in [1.807, 2.05) is 18.2 Å². The topological polar surface area (TPSA) is 58.1 Å². The van der Waals surface area contributed by atoms with Crippen LogP contribution in [-0.2, 0) is 10.3 Å². The largest absolute Gasteiger partial charge is 0.354 e. The van der Waals surface area contributed by atoms with Crippen molar-refractivity contribution in [2.75, 3.05) is 26.2 Å². The summed E-state index contributed by atoms with van der Waals surface area (Å²) in [7, 11) is 0. The predicted octanol–water partition coefficient (Wildman–Crippen LogP) is 7.92. The summed E-state index contributed by atoms with van der Waals surface area (Å²) < 4.78 is 2.38. The van der Waals surface area contributed by atoms with Crippen molar-refractivity contribution in [1.29, 1.82) is 0 Å². The maximum atomic E-state index is 14.0. The SMILES string of the molecule is C=C/C=C\C(=C/C=C)C(C)(C)CC(C)(C)CNC1(C(=O)NCC(C)(C)CC(C)(C)n2ccc3ccccc32)CCNCC1. The summed E-state index contributed by atoms with van der Waals surface area (Å²) in [5, 5.41) is 11.9. The minimum atomic E-state index is -0.572. The Morgan fingerprint density at radius 3 is 2.23 bits per heavy atom. The molecule has 0 saturated carbocycles. The van der Waals surface area contributed by atoms with E-state index in [1.54, 1.807) is 0 Å².